The first kappa shape index (κ1) is 21.8. The van der Waals surface area contributed by atoms with Crippen LogP contribution in [-0.4, -0.2) is 71.0 Å². The fourth-order valence-corrected chi connectivity index (χ4v) is 4.39. The van der Waals surface area contributed by atoms with Gasteiger partial charge in [0.1, 0.15) is 6.54 Å². The number of hydrogen-bond donors (Lipinski definition) is 0. The molecule has 0 spiro atoms. The van der Waals surface area contributed by atoms with Crippen LogP contribution in [0.1, 0.15) is 11.1 Å². The average Bonchev–Trinajstić information content (AvgIpc) is 2.85. The van der Waals surface area contributed by atoms with Crippen molar-refractivity contribution in [1.29, 1.82) is 0 Å². The molecule has 0 unspecified atom stereocenters. The molecule has 34 heavy (non-hydrogen) atoms. The number of hydrogen-bond acceptors (Lipinski definition) is 7. The summed E-state index contributed by atoms with van der Waals surface area (Å²) in [5.74, 6) is 1.17. The normalized spacial score (nSPS) is 15.7. The predicted octanol–water partition coefficient (Wildman–Crippen LogP) is 2.23. The van der Waals surface area contributed by atoms with Gasteiger partial charge in [-0.15, -0.1) is 0 Å². The number of carbonyl (C=O) groups is 2. The molecule has 2 aliphatic heterocycles. The van der Waals surface area contributed by atoms with Crippen LogP contribution in [0.15, 0.2) is 48.9 Å². The van der Waals surface area contributed by atoms with Crippen LogP contribution in [-0.2, 0) is 9.59 Å². The highest BCUT2D eigenvalue weighted by atomic mass is 16.5. The monoisotopic (exact) mass is 458 g/mol. The number of carbonyl (C=O) groups excluding carboxylic acids is 2. The molecule has 1 aromatic carbocycles. The molecule has 1 saturated heterocycles. The van der Waals surface area contributed by atoms with Crippen molar-refractivity contribution in [3.63, 3.8) is 0 Å². The summed E-state index contributed by atoms with van der Waals surface area (Å²) in [6.45, 7) is 6.30. The molecule has 2 amide bonds. The van der Waals surface area contributed by atoms with E-state index in [9.17, 15) is 9.59 Å². The Morgan fingerprint density at radius 2 is 1.65 bits per heavy atom. The number of piperazine rings is 1. The lowest BCUT2D eigenvalue weighted by Crippen LogP contribution is -2.53. The van der Waals surface area contributed by atoms with Crippen LogP contribution in [0.5, 0.6) is 5.75 Å². The minimum absolute atomic E-state index is 0.0626. The van der Waals surface area contributed by atoms with Gasteiger partial charge in [0.05, 0.1) is 0 Å². The van der Waals surface area contributed by atoms with Crippen LogP contribution in [0.25, 0.3) is 11.1 Å². The van der Waals surface area contributed by atoms with Crippen LogP contribution >= 0.6 is 0 Å². The maximum Gasteiger partial charge on any atom is 0.266 e. The number of benzene rings is 1. The van der Waals surface area contributed by atoms with E-state index in [1.165, 1.54) is 4.90 Å². The van der Waals surface area contributed by atoms with Gasteiger partial charge in [0.15, 0.2) is 18.2 Å². The third-order valence-electron chi connectivity index (χ3n) is 6.06. The van der Waals surface area contributed by atoms with Crippen molar-refractivity contribution in [3.05, 3.63) is 60.0 Å². The van der Waals surface area contributed by atoms with E-state index >= 15 is 0 Å². The highest BCUT2D eigenvalue weighted by Crippen LogP contribution is 2.34. The molecule has 0 saturated carbocycles. The molecular formula is C25H26N6O3. The van der Waals surface area contributed by atoms with Crippen molar-refractivity contribution in [2.75, 3.05) is 49.1 Å². The molecule has 3 aromatic rings. The molecule has 9 heteroatoms. The number of pyridine rings is 1. The quantitative estimate of drug-likeness (QED) is 0.592. The summed E-state index contributed by atoms with van der Waals surface area (Å²) in [5, 5.41) is 0. The number of fused-ring (bicyclic) bond motifs is 1. The van der Waals surface area contributed by atoms with Crippen molar-refractivity contribution in [3.8, 4) is 16.9 Å². The molecule has 2 aliphatic rings. The van der Waals surface area contributed by atoms with E-state index in [2.05, 4.69) is 51.9 Å². The summed E-state index contributed by atoms with van der Waals surface area (Å²) < 4.78 is 5.68. The molecule has 5 rings (SSSR count). The molecule has 174 valence electrons. The Morgan fingerprint density at radius 3 is 2.35 bits per heavy atom. The maximum atomic E-state index is 13.0. The number of ether oxygens (including phenoxy) is 1. The zero-order chi connectivity index (χ0) is 23.7. The van der Waals surface area contributed by atoms with Gasteiger partial charge in [-0.1, -0.05) is 29.3 Å². The third-order valence-corrected chi connectivity index (χ3v) is 6.06. The Balaban J connectivity index is 1.29. The lowest BCUT2D eigenvalue weighted by atomic mass is 10.0. The lowest BCUT2D eigenvalue weighted by molar-refractivity contribution is -0.132. The largest absolute Gasteiger partial charge is 0.480 e. The number of amides is 2. The highest BCUT2D eigenvalue weighted by Gasteiger charge is 2.31. The summed E-state index contributed by atoms with van der Waals surface area (Å²) >= 11 is 0. The fourth-order valence-electron chi connectivity index (χ4n) is 4.39. The summed E-state index contributed by atoms with van der Waals surface area (Å²) in [6, 6.07) is 9.96. The average molecular weight is 459 g/mol. The molecule has 2 aromatic heterocycles. The topological polar surface area (TPSA) is 91.8 Å². The van der Waals surface area contributed by atoms with E-state index in [-0.39, 0.29) is 25.0 Å². The van der Waals surface area contributed by atoms with Crippen LogP contribution in [0.3, 0.4) is 0 Å². The molecule has 9 nitrogen and oxygen atoms in total. The first-order valence-corrected chi connectivity index (χ1v) is 11.3. The summed E-state index contributed by atoms with van der Waals surface area (Å²) in [7, 11) is 0. The smallest absolute Gasteiger partial charge is 0.266 e. The summed E-state index contributed by atoms with van der Waals surface area (Å²) in [4.78, 5) is 44.0. The van der Waals surface area contributed by atoms with Gasteiger partial charge in [0.2, 0.25) is 11.9 Å². The Morgan fingerprint density at radius 1 is 0.941 bits per heavy atom. The number of aryl methyl sites for hydroxylation is 2. The van der Waals surface area contributed by atoms with Crippen LogP contribution < -0.4 is 14.5 Å². The second kappa shape index (κ2) is 9.09. The summed E-state index contributed by atoms with van der Waals surface area (Å²) in [5.41, 5.74) is 4.27. The summed E-state index contributed by atoms with van der Waals surface area (Å²) in [6.07, 6.45) is 5.14. The third kappa shape index (κ3) is 4.41. The van der Waals surface area contributed by atoms with Gasteiger partial charge in [0, 0.05) is 50.3 Å². The Labute approximate surface area is 198 Å². The van der Waals surface area contributed by atoms with Gasteiger partial charge < -0.3 is 14.5 Å². The van der Waals surface area contributed by atoms with Crippen molar-refractivity contribution < 1.29 is 14.3 Å². The zero-order valence-corrected chi connectivity index (χ0v) is 19.3. The molecule has 1 fully saturated rings. The number of nitrogens with zero attached hydrogens (tertiary/aromatic N) is 6. The van der Waals surface area contributed by atoms with Gasteiger partial charge in [-0.05, 0) is 31.5 Å². The SMILES string of the molecule is Cc1cc(C)cc(-c2cnc3c(c2)OCC(=O)N3CC(=O)N2CCN(c3ncccn3)CC2)c1. The highest BCUT2D eigenvalue weighted by molar-refractivity contribution is 6.01. The Hall–Kier alpha value is -4.01. The zero-order valence-electron chi connectivity index (χ0n) is 19.3. The molecule has 0 aliphatic carbocycles. The minimum Gasteiger partial charge on any atom is -0.480 e. The second-order valence-corrected chi connectivity index (χ2v) is 8.61. The molecule has 0 atom stereocenters. The van der Waals surface area contributed by atoms with Crippen LogP contribution in [0, 0.1) is 13.8 Å². The van der Waals surface area contributed by atoms with Crippen molar-refractivity contribution in [1.82, 2.24) is 19.9 Å². The molecule has 0 bridgehead atoms. The standard InChI is InChI=1S/C25H26N6O3/c1-17-10-18(2)12-19(11-17)20-13-21-24(28-14-20)31(23(33)16-34-21)15-22(32)29-6-8-30(9-7-29)25-26-4-3-5-27-25/h3-5,10-14H,6-9,15-16H2,1-2H3. The number of aromatic nitrogens is 3. The maximum absolute atomic E-state index is 13.0. The number of anilines is 2. The first-order valence-electron chi connectivity index (χ1n) is 11.3. The van der Waals surface area contributed by atoms with E-state index in [4.69, 9.17) is 4.74 Å². The van der Waals surface area contributed by atoms with Crippen molar-refractivity contribution in [2.45, 2.75) is 13.8 Å². The predicted molar refractivity (Wildman–Crippen MR) is 128 cm³/mol. The van der Waals surface area contributed by atoms with Gasteiger partial charge in [-0.3, -0.25) is 14.5 Å². The van der Waals surface area contributed by atoms with Crippen molar-refractivity contribution in [2.24, 2.45) is 0 Å². The lowest BCUT2D eigenvalue weighted by Gasteiger charge is -2.36. The van der Waals surface area contributed by atoms with Gasteiger partial charge in [-0.25, -0.2) is 15.0 Å². The van der Waals surface area contributed by atoms with E-state index in [1.807, 2.05) is 6.07 Å². The number of rotatable bonds is 4. The first-order chi connectivity index (χ1) is 16.5. The van der Waals surface area contributed by atoms with Crippen LogP contribution in [0.2, 0.25) is 0 Å². The van der Waals surface area contributed by atoms with E-state index in [0.717, 1.165) is 22.3 Å². The van der Waals surface area contributed by atoms with E-state index in [0.29, 0.717) is 43.7 Å². The van der Waals surface area contributed by atoms with Crippen molar-refractivity contribution >= 4 is 23.6 Å². The molecular weight excluding hydrogens is 432 g/mol. The Kier molecular flexibility index (Phi) is 5.83. The Bertz CT molecular complexity index is 1200. The van der Waals surface area contributed by atoms with Gasteiger partial charge in [-0.2, -0.15) is 0 Å². The molecule has 0 radical (unpaired) electrons. The van der Waals surface area contributed by atoms with E-state index < -0.39 is 0 Å². The fraction of sp³-hybridized carbons (Fsp3) is 0.320. The molecule has 4 heterocycles. The van der Waals surface area contributed by atoms with Gasteiger partial charge in [0.25, 0.3) is 5.91 Å². The van der Waals surface area contributed by atoms with E-state index in [1.54, 1.807) is 29.6 Å². The van der Waals surface area contributed by atoms with Gasteiger partial charge >= 0.3 is 0 Å². The molecule has 0 N–H and O–H groups in total. The minimum atomic E-state index is -0.274. The second-order valence-electron chi connectivity index (χ2n) is 8.61. The van der Waals surface area contributed by atoms with Crippen LogP contribution in [0.4, 0.5) is 11.8 Å².